The minimum atomic E-state index is -3.84. The van der Waals surface area contributed by atoms with Crippen molar-refractivity contribution < 1.29 is 13.5 Å². The highest BCUT2D eigenvalue weighted by Crippen LogP contribution is 2.36. The Morgan fingerprint density at radius 1 is 1.14 bits per heavy atom. The van der Waals surface area contributed by atoms with Crippen LogP contribution < -0.4 is 5.32 Å². The number of nitrogens with zero attached hydrogens (tertiary/aromatic N) is 1. The number of fused-ring (bicyclic) bond motifs is 1. The lowest BCUT2D eigenvalue weighted by Crippen LogP contribution is -2.34. The van der Waals surface area contributed by atoms with Crippen LogP contribution in [0.3, 0.4) is 0 Å². The number of rotatable bonds is 4. The third-order valence-corrected chi connectivity index (χ3v) is 7.22. The van der Waals surface area contributed by atoms with Gasteiger partial charge in [0.1, 0.15) is 6.10 Å². The molecule has 146 valence electrons. The van der Waals surface area contributed by atoms with Crippen molar-refractivity contribution in [2.75, 3.05) is 13.1 Å². The molecule has 0 saturated carbocycles. The standard InChI is InChI=1S/C22H24N2O3S/c1-2-16-15-23-13-12-19(16)22(25)21-14-17-8-6-7-11-20(17)24(21)28(26,27)18-9-4-3-5-10-18/h2-11,14,19,22-23,25H,12-13,15H2,1H3/b16-2-/t19-,22?/m1/s1. The minimum absolute atomic E-state index is 0.111. The topological polar surface area (TPSA) is 71.3 Å². The minimum Gasteiger partial charge on any atom is -0.386 e. The molecule has 3 aromatic rings. The average Bonchev–Trinajstić information content (AvgIpc) is 3.14. The van der Waals surface area contributed by atoms with Crippen LogP contribution in [0.15, 0.2) is 77.2 Å². The fourth-order valence-electron chi connectivity index (χ4n) is 4.01. The molecule has 1 saturated heterocycles. The van der Waals surface area contributed by atoms with Gasteiger partial charge in [0.15, 0.2) is 0 Å². The molecule has 28 heavy (non-hydrogen) atoms. The van der Waals surface area contributed by atoms with Gasteiger partial charge in [-0.2, -0.15) is 0 Å². The number of benzene rings is 2. The van der Waals surface area contributed by atoms with Crippen molar-refractivity contribution in [2.45, 2.75) is 24.3 Å². The molecule has 2 aromatic carbocycles. The van der Waals surface area contributed by atoms with Crippen molar-refractivity contribution in [3.8, 4) is 0 Å². The quantitative estimate of drug-likeness (QED) is 0.663. The predicted octanol–water partition coefficient (Wildman–Crippen LogP) is 3.47. The van der Waals surface area contributed by atoms with Crippen LogP contribution in [0, 0.1) is 5.92 Å². The summed E-state index contributed by atoms with van der Waals surface area (Å²) in [5.74, 6) is -0.111. The second kappa shape index (κ2) is 7.54. The fourth-order valence-corrected chi connectivity index (χ4v) is 5.59. The van der Waals surface area contributed by atoms with Crippen LogP contribution in [-0.2, 0) is 10.0 Å². The fraction of sp³-hybridized carbons (Fsp3) is 0.273. The Kier molecular flexibility index (Phi) is 5.10. The maximum atomic E-state index is 13.5. The molecule has 2 atom stereocenters. The number of piperidine rings is 1. The van der Waals surface area contributed by atoms with E-state index in [9.17, 15) is 13.5 Å². The summed E-state index contributed by atoms with van der Waals surface area (Å²) in [6, 6.07) is 17.5. The number of allylic oxidation sites excluding steroid dienone is 1. The first-order valence-electron chi connectivity index (χ1n) is 9.49. The first kappa shape index (κ1) is 18.9. The number of hydrogen-bond acceptors (Lipinski definition) is 4. The Labute approximate surface area is 165 Å². The van der Waals surface area contributed by atoms with E-state index in [1.165, 1.54) is 3.97 Å². The molecule has 2 N–H and O–H groups in total. The molecule has 1 unspecified atom stereocenters. The highest BCUT2D eigenvalue weighted by Gasteiger charge is 2.32. The van der Waals surface area contributed by atoms with E-state index in [0.717, 1.165) is 23.9 Å². The number of para-hydroxylation sites is 1. The highest BCUT2D eigenvalue weighted by atomic mass is 32.2. The molecule has 2 heterocycles. The molecule has 5 nitrogen and oxygen atoms in total. The molecule has 4 rings (SSSR count). The number of nitrogens with one attached hydrogen (secondary N) is 1. The number of aliphatic hydroxyl groups is 1. The molecule has 0 radical (unpaired) electrons. The van der Waals surface area contributed by atoms with Crippen LogP contribution in [0.5, 0.6) is 0 Å². The van der Waals surface area contributed by atoms with Crippen LogP contribution >= 0.6 is 0 Å². The molecule has 6 heteroatoms. The lowest BCUT2D eigenvalue weighted by Gasteiger charge is -2.30. The summed E-state index contributed by atoms with van der Waals surface area (Å²) in [5.41, 5.74) is 2.10. The van der Waals surface area contributed by atoms with Crippen molar-refractivity contribution in [1.29, 1.82) is 0 Å². The second-order valence-corrected chi connectivity index (χ2v) is 8.88. The maximum Gasteiger partial charge on any atom is 0.268 e. The van der Waals surface area contributed by atoms with Crippen molar-refractivity contribution >= 4 is 20.9 Å². The number of aliphatic hydroxyl groups excluding tert-OH is 1. The van der Waals surface area contributed by atoms with Gasteiger partial charge >= 0.3 is 0 Å². The summed E-state index contributed by atoms with van der Waals surface area (Å²) in [4.78, 5) is 0.210. The molecular formula is C22H24N2O3S. The van der Waals surface area contributed by atoms with Gasteiger partial charge in [-0.05, 0) is 44.2 Å². The lowest BCUT2D eigenvalue weighted by molar-refractivity contribution is 0.110. The van der Waals surface area contributed by atoms with Crippen molar-refractivity contribution in [3.63, 3.8) is 0 Å². The zero-order valence-electron chi connectivity index (χ0n) is 15.7. The zero-order chi connectivity index (χ0) is 19.7. The van der Waals surface area contributed by atoms with Gasteiger partial charge in [-0.3, -0.25) is 0 Å². The SMILES string of the molecule is C/C=C1/CNCC[C@H]1C(O)c1cc2ccccc2n1S(=O)(=O)c1ccccc1. The third kappa shape index (κ3) is 3.17. The number of hydrogen-bond donors (Lipinski definition) is 2. The van der Waals surface area contributed by atoms with E-state index in [1.54, 1.807) is 42.5 Å². The van der Waals surface area contributed by atoms with Gasteiger partial charge in [0.25, 0.3) is 10.0 Å². The summed E-state index contributed by atoms with van der Waals surface area (Å²) < 4.78 is 28.3. The molecule has 0 spiro atoms. The van der Waals surface area contributed by atoms with Crippen LogP contribution in [0.4, 0.5) is 0 Å². The van der Waals surface area contributed by atoms with Gasteiger partial charge in [-0.1, -0.05) is 48.0 Å². The second-order valence-electron chi connectivity index (χ2n) is 7.09. The lowest BCUT2D eigenvalue weighted by atomic mass is 9.86. The summed E-state index contributed by atoms with van der Waals surface area (Å²) in [6.07, 6.45) is 1.87. The summed E-state index contributed by atoms with van der Waals surface area (Å²) >= 11 is 0. The summed E-state index contributed by atoms with van der Waals surface area (Å²) in [5, 5.41) is 15.4. The van der Waals surface area contributed by atoms with Gasteiger partial charge in [0, 0.05) is 17.8 Å². The van der Waals surface area contributed by atoms with Gasteiger partial charge in [-0.15, -0.1) is 0 Å². The molecule has 0 bridgehead atoms. The largest absolute Gasteiger partial charge is 0.386 e. The van der Waals surface area contributed by atoms with E-state index in [-0.39, 0.29) is 10.8 Å². The molecule has 1 aliphatic heterocycles. The molecule has 0 amide bonds. The van der Waals surface area contributed by atoms with Crippen LogP contribution in [-0.4, -0.2) is 30.6 Å². The van der Waals surface area contributed by atoms with Crippen LogP contribution in [0.1, 0.15) is 25.1 Å². The van der Waals surface area contributed by atoms with Crippen molar-refractivity contribution in [2.24, 2.45) is 5.92 Å². The third-order valence-electron chi connectivity index (χ3n) is 5.47. The van der Waals surface area contributed by atoms with E-state index in [4.69, 9.17) is 0 Å². The van der Waals surface area contributed by atoms with Gasteiger partial charge in [0.2, 0.25) is 0 Å². The van der Waals surface area contributed by atoms with E-state index < -0.39 is 16.1 Å². The smallest absolute Gasteiger partial charge is 0.268 e. The van der Waals surface area contributed by atoms with Gasteiger partial charge in [-0.25, -0.2) is 12.4 Å². The summed E-state index contributed by atoms with van der Waals surface area (Å²) in [7, 11) is -3.84. The normalized spacial score (nSPS) is 20.5. The number of aromatic nitrogens is 1. The van der Waals surface area contributed by atoms with E-state index >= 15 is 0 Å². The Hall–Kier alpha value is -2.41. The Morgan fingerprint density at radius 2 is 1.86 bits per heavy atom. The molecule has 1 fully saturated rings. The molecular weight excluding hydrogens is 372 g/mol. The van der Waals surface area contributed by atoms with E-state index in [0.29, 0.717) is 17.8 Å². The van der Waals surface area contributed by atoms with E-state index in [2.05, 4.69) is 5.32 Å². The average molecular weight is 397 g/mol. The molecule has 1 aliphatic rings. The van der Waals surface area contributed by atoms with Crippen LogP contribution in [0.2, 0.25) is 0 Å². The zero-order valence-corrected chi connectivity index (χ0v) is 16.6. The molecule has 1 aromatic heterocycles. The predicted molar refractivity (Wildman–Crippen MR) is 111 cm³/mol. The first-order chi connectivity index (χ1) is 13.5. The highest BCUT2D eigenvalue weighted by molar-refractivity contribution is 7.90. The Morgan fingerprint density at radius 3 is 2.61 bits per heavy atom. The monoisotopic (exact) mass is 396 g/mol. The van der Waals surface area contributed by atoms with Crippen molar-refractivity contribution in [1.82, 2.24) is 9.29 Å². The van der Waals surface area contributed by atoms with E-state index in [1.807, 2.05) is 31.2 Å². The van der Waals surface area contributed by atoms with Crippen LogP contribution in [0.25, 0.3) is 10.9 Å². The van der Waals surface area contributed by atoms with Gasteiger partial charge < -0.3 is 10.4 Å². The van der Waals surface area contributed by atoms with Gasteiger partial charge in [0.05, 0.1) is 16.1 Å². The Balaban J connectivity index is 1.91. The van der Waals surface area contributed by atoms with Crippen molar-refractivity contribution in [3.05, 3.63) is 78.0 Å². The first-order valence-corrected chi connectivity index (χ1v) is 10.9. The molecule has 0 aliphatic carbocycles. The maximum absolute atomic E-state index is 13.5. The Bertz CT molecular complexity index is 1120. The summed E-state index contributed by atoms with van der Waals surface area (Å²) in [6.45, 7) is 3.47.